The minimum Gasteiger partial charge on any atom is -0.299 e. The van der Waals surface area contributed by atoms with Crippen molar-refractivity contribution in [3.05, 3.63) is 0 Å². The van der Waals surface area contributed by atoms with Gasteiger partial charge in [0.15, 0.2) is 0 Å². The zero-order valence-corrected chi connectivity index (χ0v) is 15.0. The molecule has 0 saturated heterocycles. The Kier molecular flexibility index (Phi) is 7.87. The molecule has 3 atom stereocenters. The van der Waals surface area contributed by atoms with Crippen LogP contribution in [0.15, 0.2) is 0 Å². The predicted octanol–water partition coefficient (Wildman–Crippen LogP) is 0.751. The summed E-state index contributed by atoms with van der Waals surface area (Å²) in [6, 6.07) is 3.03. The van der Waals surface area contributed by atoms with Crippen LogP contribution in [0, 0.1) is 0 Å². The molecule has 1 nitrogen and oxygen atoms in total. The van der Waals surface area contributed by atoms with Gasteiger partial charge in [0.2, 0.25) is 0 Å². The largest absolute Gasteiger partial charge is 0.299 e. The molecule has 0 aliphatic rings. The first-order valence-corrected chi connectivity index (χ1v) is 8.92. The van der Waals surface area contributed by atoms with Crippen LogP contribution in [-0.4, -0.2) is 43.1 Å². The van der Waals surface area contributed by atoms with Gasteiger partial charge in [-0.25, -0.2) is 0 Å². The molecular formula is C11H29NSi2. The second-order valence-corrected chi connectivity index (χ2v) is 6.93. The van der Waals surface area contributed by atoms with Crippen molar-refractivity contribution in [1.29, 1.82) is 0 Å². The molecule has 0 bridgehead atoms. The highest BCUT2D eigenvalue weighted by molar-refractivity contribution is 6.13. The number of nitrogens with zero attached hydrogens (tertiary/aromatic N) is 1. The standard InChI is InChI=1S/C11H29NSi2/c1-5-9(3)12(10(4)6-2)11(14)7-8-13/h9-11H,5-8H2,1-4,13-14H3. The molecule has 0 radical (unpaired) electrons. The minimum absolute atomic E-state index is 0.778. The van der Waals surface area contributed by atoms with Gasteiger partial charge in [-0.3, -0.25) is 4.90 Å². The SMILES string of the molecule is CCC(C)N(C(C)CC)C([SiH3])CC[SiH3]. The maximum Gasteiger partial charge on any atom is 0.0244 e. The molecule has 3 unspecified atom stereocenters. The van der Waals surface area contributed by atoms with Crippen LogP contribution in [0.3, 0.4) is 0 Å². The Bertz CT molecular complexity index is 131. The average molecular weight is 232 g/mol. The Labute approximate surface area is 96.5 Å². The van der Waals surface area contributed by atoms with Gasteiger partial charge >= 0.3 is 0 Å². The second kappa shape index (κ2) is 7.66. The normalized spacial score (nSPS) is 18.6. The van der Waals surface area contributed by atoms with Gasteiger partial charge in [-0.05, 0) is 38.8 Å². The van der Waals surface area contributed by atoms with Gasteiger partial charge < -0.3 is 0 Å². The molecule has 3 heteroatoms. The van der Waals surface area contributed by atoms with E-state index in [4.69, 9.17) is 0 Å². The van der Waals surface area contributed by atoms with Crippen LogP contribution in [0.25, 0.3) is 0 Å². The topological polar surface area (TPSA) is 3.24 Å². The van der Waals surface area contributed by atoms with Crippen LogP contribution < -0.4 is 0 Å². The van der Waals surface area contributed by atoms with Crippen molar-refractivity contribution in [3.8, 4) is 0 Å². The first kappa shape index (κ1) is 14.4. The fraction of sp³-hybridized carbons (Fsp3) is 1.00. The number of hydrogen-bond donors (Lipinski definition) is 0. The molecule has 0 aliphatic heterocycles. The molecule has 0 heterocycles. The summed E-state index contributed by atoms with van der Waals surface area (Å²) in [7, 11) is 2.71. The molecule has 0 N–H and O–H groups in total. The molecule has 86 valence electrons. The molecule has 0 rings (SSSR count). The van der Waals surface area contributed by atoms with Crippen molar-refractivity contribution in [1.82, 2.24) is 4.90 Å². The van der Waals surface area contributed by atoms with Crippen LogP contribution in [-0.2, 0) is 0 Å². The molecule has 0 aromatic heterocycles. The minimum atomic E-state index is 0.778. The summed E-state index contributed by atoms with van der Waals surface area (Å²) in [5.41, 5.74) is 0.914. The monoisotopic (exact) mass is 231 g/mol. The third-order valence-electron chi connectivity index (χ3n) is 3.41. The first-order chi connectivity index (χ1) is 6.58. The van der Waals surface area contributed by atoms with Crippen molar-refractivity contribution in [3.63, 3.8) is 0 Å². The fourth-order valence-electron chi connectivity index (χ4n) is 2.29. The molecule has 0 aromatic rings. The molecule has 14 heavy (non-hydrogen) atoms. The van der Waals surface area contributed by atoms with Crippen LogP contribution >= 0.6 is 0 Å². The molecule has 0 fully saturated rings. The van der Waals surface area contributed by atoms with Crippen LogP contribution in [0.4, 0.5) is 0 Å². The van der Waals surface area contributed by atoms with Gasteiger partial charge in [0.05, 0.1) is 0 Å². The van der Waals surface area contributed by atoms with E-state index in [9.17, 15) is 0 Å². The van der Waals surface area contributed by atoms with Crippen molar-refractivity contribution >= 4 is 20.5 Å². The molecular weight excluding hydrogens is 202 g/mol. The van der Waals surface area contributed by atoms with E-state index in [1.165, 1.54) is 45.8 Å². The zero-order valence-electron chi connectivity index (χ0n) is 11.0. The molecule has 0 spiro atoms. The fourth-order valence-corrected chi connectivity index (χ4v) is 5.88. The van der Waals surface area contributed by atoms with Gasteiger partial charge in [0, 0.05) is 32.6 Å². The summed E-state index contributed by atoms with van der Waals surface area (Å²) < 4.78 is 0. The Morgan fingerprint density at radius 1 is 1.07 bits per heavy atom. The second-order valence-electron chi connectivity index (χ2n) is 4.60. The van der Waals surface area contributed by atoms with Crippen LogP contribution in [0.5, 0.6) is 0 Å². The quantitative estimate of drug-likeness (QED) is 0.585. The highest BCUT2D eigenvalue weighted by atomic mass is 28.1. The molecule has 0 aliphatic carbocycles. The Hall–Kier alpha value is 0.394. The lowest BCUT2D eigenvalue weighted by Gasteiger charge is -2.39. The third-order valence-corrected chi connectivity index (χ3v) is 5.17. The maximum atomic E-state index is 2.78. The maximum absolute atomic E-state index is 2.78. The first-order valence-electron chi connectivity index (χ1n) is 6.35. The Morgan fingerprint density at radius 3 is 1.79 bits per heavy atom. The lowest BCUT2D eigenvalue weighted by Crippen LogP contribution is -2.47. The summed E-state index contributed by atoms with van der Waals surface area (Å²) in [6.45, 7) is 9.42. The number of hydrogen-bond acceptors (Lipinski definition) is 1. The van der Waals surface area contributed by atoms with E-state index >= 15 is 0 Å². The van der Waals surface area contributed by atoms with Crippen molar-refractivity contribution < 1.29 is 0 Å². The highest BCUT2D eigenvalue weighted by Gasteiger charge is 2.22. The molecule has 0 saturated carbocycles. The summed E-state index contributed by atoms with van der Waals surface area (Å²) in [4.78, 5) is 2.78. The van der Waals surface area contributed by atoms with Gasteiger partial charge in [0.25, 0.3) is 0 Å². The van der Waals surface area contributed by atoms with Gasteiger partial charge in [-0.15, -0.1) is 0 Å². The van der Waals surface area contributed by atoms with Crippen LogP contribution in [0.1, 0.15) is 47.0 Å². The smallest absolute Gasteiger partial charge is 0.0244 e. The average Bonchev–Trinajstić information content (AvgIpc) is 2.17. The molecule has 0 aromatic carbocycles. The molecule has 0 amide bonds. The van der Waals surface area contributed by atoms with Crippen molar-refractivity contribution in [2.24, 2.45) is 0 Å². The van der Waals surface area contributed by atoms with E-state index in [1.807, 2.05) is 0 Å². The lowest BCUT2D eigenvalue weighted by molar-refractivity contribution is 0.126. The Morgan fingerprint density at radius 2 is 1.50 bits per heavy atom. The summed E-state index contributed by atoms with van der Waals surface area (Å²) in [5, 5.41) is 0. The number of rotatable bonds is 7. The third kappa shape index (κ3) is 4.28. The van der Waals surface area contributed by atoms with E-state index in [1.54, 1.807) is 0 Å². The zero-order chi connectivity index (χ0) is 11.1. The predicted molar refractivity (Wildman–Crippen MR) is 74.4 cm³/mol. The van der Waals surface area contributed by atoms with E-state index in [0.717, 1.165) is 17.7 Å². The highest BCUT2D eigenvalue weighted by Crippen LogP contribution is 2.16. The van der Waals surface area contributed by atoms with E-state index < -0.39 is 0 Å². The summed E-state index contributed by atoms with van der Waals surface area (Å²) in [5.74, 6) is 0. The summed E-state index contributed by atoms with van der Waals surface area (Å²) >= 11 is 0. The Balaban J connectivity index is 4.36. The van der Waals surface area contributed by atoms with Gasteiger partial charge in [-0.1, -0.05) is 19.9 Å². The summed E-state index contributed by atoms with van der Waals surface area (Å²) in [6.07, 6.45) is 4.04. The van der Waals surface area contributed by atoms with E-state index in [2.05, 4.69) is 32.6 Å². The van der Waals surface area contributed by atoms with Gasteiger partial charge in [0.1, 0.15) is 0 Å². The van der Waals surface area contributed by atoms with Gasteiger partial charge in [-0.2, -0.15) is 0 Å². The van der Waals surface area contributed by atoms with E-state index in [0.29, 0.717) is 0 Å². The van der Waals surface area contributed by atoms with Crippen molar-refractivity contribution in [2.75, 3.05) is 0 Å². The van der Waals surface area contributed by atoms with Crippen LogP contribution in [0.2, 0.25) is 6.04 Å². The van der Waals surface area contributed by atoms with E-state index in [-0.39, 0.29) is 0 Å². The lowest BCUT2D eigenvalue weighted by atomic mass is 10.1. The van der Waals surface area contributed by atoms with Crippen molar-refractivity contribution in [2.45, 2.75) is 70.8 Å².